The van der Waals surface area contributed by atoms with Gasteiger partial charge >= 0.3 is 0 Å². The Kier molecular flexibility index (Phi) is 5.81. The molecule has 0 aromatic rings. The average molecular weight is 183 g/mol. The summed E-state index contributed by atoms with van der Waals surface area (Å²) in [5, 5.41) is 0. The number of hydrogen-bond acceptors (Lipinski definition) is 4. The number of ether oxygens (including phenoxy) is 1. The van der Waals surface area contributed by atoms with Crippen molar-refractivity contribution < 1.29 is 9.57 Å². The Morgan fingerprint density at radius 2 is 2.00 bits per heavy atom. The fourth-order valence-electron chi connectivity index (χ4n) is 1.03. The molecule has 1 unspecified atom stereocenters. The number of morpholine rings is 1. The first-order valence-corrected chi connectivity index (χ1v) is 3.52. The minimum Gasteiger partial charge on any atom is -0.379 e. The molecule has 1 heterocycles. The van der Waals surface area contributed by atoms with Gasteiger partial charge in [-0.2, -0.15) is 0 Å². The molecular weight excluding hydrogens is 168 g/mol. The van der Waals surface area contributed by atoms with Crippen LogP contribution in [0.1, 0.15) is 6.92 Å². The molecule has 0 spiro atoms. The van der Waals surface area contributed by atoms with E-state index in [4.69, 9.17) is 10.6 Å². The quantitative estimate of drug-likeness (QED) is 0.610. The number of nitrogens with two attached hydrogens (primary N) is 1. The number of nitrogens with zero attached hydrogens (tertiary/aromatic N) is 1. The first kappa shape index (κ1) is 11.1. The van der Waals surface area contributed by atoms with Gasteiger partial charge in [0.15, 0.2) is 0 Å². The summed E-state index contributed by atoms with van der Waals surface area (Å²) in [5.41, 5.74) is 0. The van der Waals surface area contributed by atoms with Crippen LogP contribution in [0.25, 0.3) is 0 Å². The molecule has 11 heavy (non-hydrogen) atoms. The molecule has 1 rings (SSSR count). The first-order valence-electron chi connectivity index (χ1n) is 3.52. The van der Waals surface area contributed by atoms with Crippen LogP contribution in [0.2, 0.25) is 0 Å². The normalized spacial score (nSPS) is 22.4. The Hall–Kier alpha value is 0.130. The van der Waals surface area contributed by atoms with E-state index < -0.39 is 0 Å². The topological polar surface area (TPSA) is 47.7 Å². The number of hydrogen-bond donors (Lipinski definition) is 1. The largest absolute Gasteiger partial charge is 0.379 e. The minimum atomic E-state index is 0. The molecule has 1 fully saturated rings. The molecule has 4 nitrogen and oxygen atoms in total. The van der Waals surface area contributed by atoms with Crippen molar-refractivity contribution in [2.24, 2.45) is 5.90 Å². The molecule has 0 bridgehead atoms. The molecule has 68 valence electrons. The van der Waals surface area contributed by atoms with Crippen LogP contribution in [0.3, 0.4) is 0 Å². The van der Waals surface area contributed by atoms with E-state index in [1.54, 1.807) is 0 Å². The molecule has 1 atom stereocenters. The van der Waals surface area contributed by atoms with Crippen LogP contribution in [-0.2, 0) is 9.57 Å². The third-order valence-corrected chi connectivity index (χ3v) is 1.76. The zero-order chi connectivity index (χ0) is 7.40. The van der Waals surface area contributed by atoms with E-state index in [0.29, 0.717) is 0 Å². The summed E-state index contributed by atoms with van der Waals surface area (Å²) < 4.78 is 5.16. The van der Waals surface area contributed by atoms with Crippen LogP contribution in [0, 0.1) is 0 Å². The Morgan fingerprint density at radius 1 is 1.45 bits per heavy atom. The van der Waals surface area contributed by atoms with Crippen molar-refractivity contribution in [3.8, 4) is 0 Å². The zero-order valence-corrected chi connectivity index (χ0v) is 7.47. The predicted molar refractivity (Wildman–Crippen MR) is 44.4 cm³/mol. The Morgan fingerprint density at radius 3 is 2.45 bits per heavy atom. The third kappa shape index (κ3) is 3.35. The average Bonchev–Trinajstić information content (AvgIpc) is 2.05. The van der Waals surface area contributed by atoms with E-state index >= 15 is 0 Å². The van der Waals surface area contributed by atoms with Crippen LogP contribution >= 0.6 is 12.4 Å². The molecule has 0 aliphatic carbocycles. The number of halogens is 1. The van der Waals surface area contributed by atoms with Gasteiger partial charge in [-0.3, -0.25) is 9.74 Å². The van der Waals surface area contributed by atoms with Gasteiger partial charge in [0.05, 0.1) is 13.2 Å². The summed E-state index contributed by atoms with van der Waals surface area (Å²) in [4.78, 5) is 6.80. The fraction of sp³-hybridized carbons (Fsp3) is 1.00. The lowest BCUT2D eigenvalue weighted by Crippen LogP contribution is -2.44. The lowest BCUT2D eigenvalue weighted by Gasteiger charge is -2.30. The first-order chi connectivity index (χ1) is 4.84. The van der Waals surface area contributed by atoms with Crippen LogP contribution in [0.15, 0.2) is 0 Å². The van der Waals surface area contributed by atoms with Gasteiger partial charge < -0.3 is 4.74 Å². The van der Waals surface area contributed by atoms with Gasteiger partial charge in [-0.05, 0) is 6.92 Å². The molecule has 2 N–H and O–H groups in total. The maximum Gasteiger partial charge on any atom is 0.129 e. The summed E-state index contributed by atoms with van der Waals surface area (Å²) >= 11 is 0. The molecule has 0 saturated carbocycles. The van der Waals surface area contributed by atoms with Crippen molar-refractivity contribution in [1.82, 2.24) is 4.90 Å². The van der Waals surface area contributed by atoms with Gasteiger partial charge in [-0.1, -0.05) is 0 Å². The summed E-state index contributed by atoms with van der Waals surface area (Å²) in [7, 11) is 0. The summed E-state index contributed by atoms with van der Waals surface area (Å²) in [6.07, 6.45) is 0.0175. The molecule has 1 saturated heterocycles. The van der Waals surface area contributed by atoms with E-state index in [1.807, 2.05) is 6.92 Å². The van der Waals surface area contributed by atoms with Crippen LogP contribution in [-0.4, -0.2) is 37.4 Å². The van der Waals surface area contributed by atoms with Crippen molar-refractivity contribution in [3.05, 3.63) is 0 Å². The van der Waals surface area contributed by atoms with Crippen LogP contribution < -0.4 is 5.90 Å². The fourth-order valence-corrected chi connectivity index (χ4v) is 1.03. The third-order valence-electron chi connectivity index (χ3n) is 1.76. The van der Waals surface area contributed by atoms with E-state index in [9.17, 15) is 0 Å². The van der Waals surface area contributed by atoms with Gasteiger partial charge in [-0.25, -0.2) is 5.90 Å². The summed E-state index contributed by atoms with van der Waals surface area (Å²) in [6, 6.07) is 0. The standard InChI is InChI=1S/C6H14N2O2.ClH/c1-6(10-7)8-2-4-9-5-3-8;/h6H,2-5,7H2,1H3;1H. The van der Waals surface area contributed by atoms with Crippen LogP contribution in [0.5, 0.6) is 0 Å². The van der Waals surface area contributed by atoms with Gasteiger partial charge in [-0.15, -0.1) is 12.4 Å². The van der Waals surface area contributed by atoms with E-state index in [1.165, 1.54) is 0 Å². The highest BCUT2D eigenvalue weighted by molar-refractivity contribution is 5.85. The highest BCUT2D eigenvalue weighted by Crippen LogP contribution is 2.01. The Bertz CT molecular complexity index is 98.6. The van der Waals surface area contributed by atoms with Gasteiger partial charge in [0.25, 0.3) is 0 Å². The smallest absolute Gasteiger partial charge is 0.129 e. The molecule has 0 aromatic heterocycles. The maximum atomic E-state index is 5.16. The number of rotatable bonds is 2. The van der Waals surface area contributed by atoms with Crippen molar-refractivity contribution >= 4 is 12.4 Å². The lowest BCUT2D eigenvalue weighted by atomic mass is 10.4. The van der Waals surface area contributed by atoms with Crippen LogP contribution in [0.4, 0.5) is 0 Å². The predicted octanol–water partition coefficient (Wildman–Crippen LogP) is -0.0233. The summed E-state index contributed by atoms with van der Waals surface area (Å²) in [5.74, 6) is 5.02. The Labute approximate surface area is 73.0 Å². The summed E-state index contributed by atoms with van der Waals surface area (Å²) in [6.45, 7) is 5.34. The lowest BCUT2D eigenvalue weighted by molar-refractivity contribution is -0.0882. The Balaban J connectivity index is 0.000001000. The second-order valence-electron chi connectivity index (χ2n) is 2.38. The minimum absolute atomic E-state index is 0. The van der Waals surface area contributed by atoms with Gasteiger partial charge in [0.1, 0.15) is 6.23 Å². The van der Waals surface area contributed by atoms with Gasteiger partial charge in [0, 0.05) is 13.1 Å². The van der Waals surface area contributed by atoms with Crippen molar-refractivity contribution in [3.63, 3.8) is 0 Å². The second kappa shape index (κ2) is 5.74. The molecule has 0 radical (unpaired) electrons. The van der Waals surface area contributed by atoms with Crippen molar-refractivity contribution in [2.75, 3.05) is 26.3 Å². The monoisotopic (exact) mass is 182 g/mol. The van der Waals surface area contributed by atoms with E-state index in [-0.39, 0.29) is 18.6 Å². The molecule has 5 heteroatoms. The van der Waals surface area contributed by atoms with E-state index in [2.05, 4.69) is 9.74 Å². The molecular formula is C6H15ClN2O2. The SMILES string of the molecule is CC(ON)N1CCOCC1.Cl. The highest BCUT2D eigenvalue weighted by Gasteiger charge is 2.15. The van der Waals surface area contributed by atoms with Gasteiger partial charge in [0.2, 0.25) is 0 Å². The molecule has 1 aliphatic rings. The maximum absolute atomic E-state index is 5.16. The van der Waals surface area contributed by atoms with Crippen molar-refractivity contribution in [2.45, 2.75) is 13.2 Å². The molecule has 1 aliphatic heterocycles. The molecule has 0 aromatic carbocycles. The van der Waals surface area contributed by atoms with E-state index in [0.717, 1.165) is 26.3 Å². The second-order valence-corrected chi connectivity index (χ2v) is 2.38. The zero-order valence-electron chi connectivity index (χ0n) is 6.66. The van der Waals surface area contributed by atoms with Crippen molar-refractivity contribution in [1.29, 1.82) is 0 Å². The highest BCUT2D eigenvalue weighted by atomic mass is 35.5. The molecule has 0 amide bonds.